The summed E-state index contributed by atoms with van der Waals surface area (Å²) in [5, 5.41) is 14.1. The van der Waals surface area contributed by atoms with E-state index in [0.717, 1.165) is 67.3 Å². The second-order valence-corrected chi connectivity index (χ2v) is 10.9. The Labute approximate surface area is 228 Å². The number of aromatic nitrogens is 3. The molecule has 1 saturated carbocycles. The lowest BCUT2D eigenvalue weighted by Gasteiger charge is -2.26. The zero-order valence-electron chi connectivity index (χ0n) is 22.2. The maximum Gasteiger partial charge on any atom is 0.272 e. The van der Waals surface area contributed by atoms with Gasteiger partial charge < -0.3 is 10.6 Å². The Kier molecular flexibility index (Phi) is 7.49. The molecule has 9 heteroatoms. The van der Waals surface area contributed by atoms with Crippen molar-refractivity contribution in [3.8, 4) is 11.1 Å². The fourth-order valence-electron chi connectivity index (χ4n) is 5.80. The van der Waals surface area contributed by atoms with Crippen LogP contribution in [0, 0.1) is 0 Å². The van der Waals surface area contributed by atoms with E-state index in [2.05, 4.69) is 41.8 Å². The topological polar surface area (TPSA) is 115 Å². The van der Waals surface area contributed by atoms with Gasteiger partial charge in [-0.15, -0.1) is 0 Å². The van der Waals surface area contributed by atoms with Crippen LogP contribution in [-0.4, -0.2) is 69.3 Å². The molecule has 6 rings (SSSR count). The van der Waals surface area contributed by atoms with E-state index < -0.39 is 0 Å². The lowest BCUT2D eigenvalue weighted by molar-refractivity contribution is -0.115. The first-order valence-corrected chi connectivity index (χ1v) is 14.1. The van der Waals surface area contributed by atoms with E-state index in [1.807, 2.05) is 36.7 Å². The number of hydrogen-bond acceptors (Lipinski definition) is 6. The van der Waals surface area contributed by atoms with Gasteiger partial charge in [-0.3, -0.25) is 29.6 Å². The molecule has 0 radical (unpaired) electrons. The van der Waals surface area contributed by atoms with Crippen LogP contribution in [0.15, 0.2) is 53.8 Å². The number of aliphatic imine (C=N–C) groups is 1. The van der Waals surface area contributed by atoms with Crippen LogP contribution in [0.1, 0.15) is 61.0 Å². The minimum absolute atomic E-state index is 0.136. The summed E-state index contributed by atoms with van der Waals surface area (Å²) in [6.07, 6.45) is 15.5. The summed E-state index contributed by atoms with van der Waals surface area (Å²) in [4.78, 5) is 37.1. The first-order chi connectivity index (χ1) is 19.1. The van der Waals surface area contributed by atoms with E-state index in [1.54, 1.807) is 6.08 Å². The van der Waals surface area contributed by atoms with Gasteiger partial charge in [0.05, 0.1) is 18.1 Å². The third-order valence-corrected chi connectivity index (χ3v) is 7.95. The molecule has 2 aromatic heterocycles. The molecule has 3 aliphatic rings. The number of rotatable bonds is 7. The van der Waals surface area contributed by atoms with Gasteiger partial charge in [0, 0.05) is 35.9 Å². The SMILES string of the molecule is O=C(NC1CCCC1)C1=NCC(NC(=O)c2n[nH]c3ccc(-c4cncc(CN5CCCCC5)c4)cc23)C=C1. The smallest absolute Gasteiger partial charge is 0.272 e. The highest BCUT2D eigenvalue weighted by Gasteiger charge is 2.23. The third-order valence-electron chi connectivity index (χ3n) is 7.95. The maximum absolute atomic E-state index is 13.2. The Balaban J connectivity index is 1.12. The summed E-state index contributed by atoms with van der Waals surface area (Å²) in [6.45, 7) is 3.50. The maximum atomic E-state index is 13.2. The number of nitrogens with one attached hydrogen (secondary N) is 3. The molecule has 0 bridgehead atoms. The average Bonchev–Trinajstić information content (AvgIpc) is 3.64. The van der Waals surface area contributed by atoms with Gasteiger partial charge in [0.15, 0.2) is 5.69 Å². The average molecular weight is 526 g/mol. The fourth-order valence-corrected chi connectivity index (χ4v) is 5.80. The highest BCUT2D eigenvalue weighted by atomic mass is 16.2. The van der Waals surface area contributed by atoms with Crippen LogP contribution < -0.4 is 10.6 Å². The number of pyridine rings is 1. The summed E-state index contributed by atoms with van der Waals surface area (Å²) in [6, 6.07) is 8.11. The number of likely N-dealkylation sites (tertiary alicyclic amines) is 1. The third kappa shape index (κ3) is 5.93. The van der Waals surface area contributed by atoms with E-state index in [0.29, 0.717) is 18.0 Å². The van der Waals surface area contributed by atoms with E-state index >= 15 is 0 Å². The molecule has 1 aromatic carbocycles. The van der Waals surface area contributed by atoms with Gasteiger partial charge in [-0.2, -0.15) is 5.10 Å². The number of hydrogen-bond donors (Lipinski definition) is 3. The van der Waals surface area contributed by atoms with Crippen molar-refractivity contribution in [2.75, 3.05) is 19.6 Å². The summed E-state index contributed by atoms with van der Waals surface area (Å²) in [7, 11) is 0. The number of H-pyrrole nitrogens is 1. The number of nitrogens with zero attached hydrogens (tertiary/aromatic N) is 4. The Morgan fingerprint density at radius 1 is 0.949 bits per heavy atom. The number of piperidine rings is 1. The number of fused-ring (bicyclic) bond motifs is 1. The van der Waals surface area contributed by atoms with Crippen LogP contribution in [0.25, 0.3) is 22.0 Å². The molecular weight excluding hydrogens is 490 g/mol. The van der Waals surface area contributed by atoms with Crippen LogP contribution >= 0.6 is 0 Å². The van der Waals surface area contributed by atoms with Crippen molar-refractivity contribution < 1.29 is 9.59 Å². The van der Waals surface area contributed by atoms with Gasteiger partial charge in [-0.1, -0.05) is 31.4 Å². The van der Waals surface area contributed by atoms with Crippen LogP contribution in [0.4, 0.5) is 0 Å². The molecule has 9 nitrogen and oxygen atoms in total. The minimum Gasteiger partial charge on any atom is -0.348 e. The molecule has 0 spiro atoms. The Morgan fingerprint density at radius 3 is 2.59 bits per heavy atom. The van der Waals surface area contributed by atoms with Crippen LogP contribution in [0.3, 0.4) is 0 Å². The van der Waals surface area contributed by atoms with E-state index in [4.69, 9.17) is 0 Å². The van der Waals surface area contributed by atoms with Gasteiger partial charge >= 0.3 is 0 Å². The van der Waals surface area contributed by atoms with Gasteiger partial charge in [0.25, 0.3) is 11.8 Å². The summed E-state index contributed by atoms with van der Waals surface area (Å²) >= 11 is 0. The first-order valence-electron chi connectivity index (χ1n) is 14.1. The van der Waals surface area contributed by atoms with Crippen LogP contribution in [-0.2, 0) is 11.3 Å². The fraction of sp³-hybridized carbons (Fsp3) is 0.433. The number of aromatic amines is 1. The van der Waals surface area contributed by atoms with Crippen LogP contribution in [0.5, 0.6) is 0 Å². The molecule has 2 amide bonds. The molecule has 3 N–H and O–H groups in total. The molecule has 1 saturated heterocycles. The largest absolute Gasteiger partial charge is 0.348 e. The van der Waals surface area contributed by atoms with Gasteiger partial charge in [0.2, 0.25) is 0 Å². The Morgan fingerprint density at radius 2 is 1.79 bits per heavy atom. The molecule has 4 heterocycles. The number of amides is 2. The predicted molar refractivity (Wildman–Crippen MR) is 152 cm³/mol. The van der Waals surface area contributed by atoms with Crippen molar-refractivity contribution in [1.82, 2.24) is 30.7 Å². The molecule has 202 valence electrons. The van der Waals surface area contributed by atoms with Crippen molar-refractivity contribution in [3.63, 3.8) is 0 Å². The minimum atomic E-state index is -0.300. The lowest BCUT2D eigenvalue weighted by atomic mass is 10.0. The summed E-state index contributed by atoms with van der Waals surface area (Å²) in [5.74, 6) is -0.415. The quantitative estimate of drug-likeness (QED) is 0.434. The first kappa shape index (κ1) is 25.4. The van der Waals surface area contributed by atoms with Crippen molar-refractivity contribution in [1.29, 1.82) is 0 Å². The van der Waals surface area contributed by atoms with Crippen LogP contribution in [0.2, 0.25) is 0 Å². The Hall–Kier alpha value is -3.85. The number of dihydropyridines is 1. The van der Waals surface area contributed by atoms with Crippen molar-refractivity contribution in [2.45, 2.75) is 63.6 Å². The highest BCUT2D eigenvalue weighted by Crippen LogP contribution is 2.26. The number of benzene rings is 1. The molecule has 3 aromatic rings. The molecule has 2 aliphatic heterocycles. The van der Waals surface area contributed by atoms with Gasteiger partial charge in [-0.05, 0) is 74.2 Å². The molecule has 1 atom stereocenters. The standard InChI is InChI=1S/C30H35N7O2/c38-29(33-23-6-2-3-7-23)27-11-9-24(18-32-27)34-30(39)28-25-15-21(8-10-26(25)35-36-28)22-14-20(16-31-17-22)19-37-12-4-1-5-13-37/h8-11,14-17,23-24H,1-7,12-13,18-19H2,(H,33,38)(H,34,39)(H,35,36). The number of carbonyl (C=O) groups is 2. The monoisotopic (exact) mass is 525 g/mol. The lowest BCUT2D eigenvalue weighted by Crippen LogP contribution is -2.41. The van der Waals surface area contributed by atoms with Crippen molar-refractivity contribution >= 4 is 28.4 Å². The molecule has 1 unspecified atom stereocenters. The molecule has 39 heavy (non-hydrogen) atoms. The predicted octanol–water partition coefficient (Wildman–Crippen LogP) is 3.78. The van der Waals surface area contributed by atoms with E-state index in [9.17, 15) is 9.59 Å². The highest BCUT2D eigenvalue weighted by molar-refractivity contribution is 6.43. The summed E-state index contributed by atoms with van der Waals surface area (Å²) < 4.78 is 0. The van der Waals surface area contributed by atoms with E-state index in [-0.39, 0.29) is 23.9 Å². The van der Waals surface area contributed by atoms with Crippen molar-refractivity contribution in [3.05, 3.63) is 60.1 Å². The zero-order chi connectivity index (χ0) is 26.6. The van der Waals surface area contributed by atoms with Gasteiger partial charge in [-0.25, -0.2) is 0 Å². The molecule has 1 aliphatic carbocycles. The summed E-state index contributed by atoms with van der Waals surface area (Å²) in [5.41, 5.74) is 4.76. The second-order valence-electron chi connectivity index (χ2n) is 10.9. The number of carbonyl (C=O) groups excluding carboxylic acids is 2. The molecular formula is C30H35N7O2. The normalized spacial score (nSPS) is 20.2. The van der Waals surface area contributed by atoms with Crippen molar-refractivity contribution in [2.24, 2.45) is 4.99 Å². The zero-order valence-corrected chi connectivity index (χ0v) is 22.2. The molecule has 2 fully saturated rings. The Bertz CT molecular complexity index is 1410. The second kappa shape index (κ2) is 11.5. The van der Waals surface area contributed by atoms with E-state index in [1.165, 1.54) is 24.8 Å². The van der Waals surface area contributed by atoms with Gasteiger partial charge in [0.1, 0.15) is 5.71 Å².